The quantitative estimate of drug-likeness (QED) is 0.816. The molecule has 1 aromatic carbocycles. The maximum absolute atomic E-state index is 11.5. The summed E-state index contributed by atoms with van der Waals surface area (Å²) >= 11 is 5.77. The number of nitrogens with one attached hydrogen (secondary N) is 2. The molecule has 0 saturated carbocycles. The van der Waals surface area contributed by atoms with E-state index < -0.39 is 0 Å². The molecule has 0 saturated heterocycles. The first kappa shape index (κ1) is 12.5. The van der Waals surface area contributed by atoms with Crippen molar-refractivity contribution >= 4 is 23.6 Å². The Balaban J connectivity index is 1.85. The topological polar surface area (TPSA) is 44.9 Å². The fourth-order valence-corrected chi connectivity index (χ4v) is 1.59. The fourth-order valence-electron chi connectivity index (χ4n) is 1.46. The van der Waals surface area contributed by atoms with Gasteiger partial charge in [-0.2, -0.15) is 0 Å². The van der Waals surface area contributed by atoms with Crippen LogP contribution in [0.4, 0.5) is 0 Å². The van der Waals surface area contributed by atoms with Crippen molar-refractivity contribution in [3.63, 3.8) is 0 Å². The molecule has 0 fully saturated rings. The molecule has 4 heteroatoms. The van der Waals surface area contributed by atoms with E-state index in [0.717, 1.165) is 11.1 Å². The minimum atomic E-state index is -0.119. The van der Waals surface area contributed by atoms with Crippen LogP contribution in [0.15, 0.2) is 48.8 Å². The molecule has 0 aliphatic carbocycles. The average Bonchev–Trinajstić information content (AvgIpc) is 2.89. The number of carbonyl (C=O) groups is 1. The van der Waals surface area contributed by atoms with Gasteiger partial charge in [-0.05, 0) is 35.4 Å². The number of aromatic nitrogens is 1. The Kier molecular flexibility index (Phi) is 4.20. The smallest absolute Gasteiger partial charge is 0.244 e. The van der Waals surface area contributed by atoms with Crippen LogP contribution in [0.25, 0.3) is 6.08 Å². The van der Waals surface area contributed by atoms with Crippen LogP contribution in [0.2, 0.25) is 5.02 Å². The molecule has 0 spiro atoms. The molecule has 0 aliphatic rings. The molecule has 2 aromatic rings. The van der Waals surface area contributed by atoms with Crippen LogP contribution < -0.4 is 5.32 Å². The number of halogens is 1. The summed E-state index contributed by atoms with van der Waals surface area (Å²) in [5.41, 5.74) is 1.99. The van der Waals surface area contributed by atoms with Gasteiger partial charge in [0.25, 0.3) is 0 Å². The van der Waals surface area contributed by atoms with Crippen molar-refractivity contribution in [3.8, 4) is 0 Å². The lowest BCUT2D eigenvalue weighted by molar-refractivity contribution is -0.116. The van der Waals surface area contributed by atoms with E-state index in [1.165, 1.54) is 6.08 Å². The third-order valence-corrected chi connectivity index (χ3v) is 2.68. The highest BCUT2D eigenvalue weighted by molar-refractivity contribution is 6.30. The molecule has 2 rings (SSSR count). The summed E-state index contributed by atoms with van der Waals surface area (Å²) in [6, 6.07) is 9.22. The summed E-state index contributed by atoms with van der Waals surface area (Å²) in [6.45, 7) is 0.521. The lowest BCUT2D eigenvalue weighted by Crippen LogP contribution is -2.19. The second-order valence-corrected chi connectivity index (χ2v) is 4.26. The normalized spacial score (nSPS) is 10.7. The maximum atomic E-state index is 11.5. The van der Waals surface area contributed by atoms with E-state index in [2.05, 4.69) is 10.3 Å². The van der Waals surface area contributed by atoms with Crippen molar-refractivity contribution in [2.24, 2.45) is 0 Å². The number of aromatic amines is 1. The van der Waals surface area contributed by atoms with Gasteiger partial charge >= 0.3 is 0 Å². The van der Waals surface area contributed by atoms with Gasteiger partial charge in [0.05, 0.1) is 0 Å². The summed E-state index contributed by atoms with van der Waals surface area (Å²) in [5.74, 6) is -0.119. The van der Waals surface area contributed by atoms with Gasteiger partial charge in [0.2, 0.25) is 5.91 Å². The summed E-state index contributed by atoms with van der Waals surface area (Å²) < 4.78 is 0. The van der Waals surface area contributed by atoms with Crippen LogP contribution in [0.1, 0.15) is 11.1 Å². The van der Waals surface area contributed by atoms with Crippen molar-refractivity contribution in [3.05, 3.63) is 65.0 Å². The Labute approximate surface area is 110 Å². The van der Waals surface area contributed by atoms with Crippen molar-refractivity contribution in [2.75, 3.05) is 0 Å². The molecule has 2 N–H and O–H groups in total. The molecule has 18 heavy (non-hydrogen) atoms. The number of rotatable bonds is 4. The van der Waals surface area contributed by atoms with E-state index in [1.54, 1.807) is 18.2 Å². The van der Waals surface area contributed by atoms with Crippen LogP contribution in [-0.4, -0.2) is 10.9 Å². The number of hydrogen-bond acceptors (Lipinski definition) is 1. The monoisotopic (exact) mass is 260 g/mol. The third-order valence-electron chi connectivity index (χ3n) is 2.43. The zero-order chi connectivity index (χ0) is 12.8. The van der Waals surface area contributed by atoms with Crippen LogP contribution >= 0.6 is 11.6 Å². The Morgan fingerprint density at radius 3 is 2.72 bits per heavy atom. The van der Waals surface area contributed by atoms with E-state index in [9.17, 15) is 4.79 Å². The molecule has 0 atom stereocenters. The Morgan fingerprint density at radius 2 is 2.06 bits per heavy atom. The first-order chi connectivity index (χ1) is 8.74. The van der Waals surface area contributed by atoms with Crippen LogP contribution in [-0.2, 0) is 11.3 Å². The minimum absolute atomic E-state index is 0.119. The molecule has 1 aromatic heterocycles. The van der Waals surface area contributed by atoms with Crippen LogP contribution in [0, 0.1) is 0 Å². The van der Waals surface area contributed by atoms with Gasteiger partial charge in [0, 0.05) is 30.0 Å². The molecule has 0 aliphatic heterocycles. The standard InChI is InChI=1S/C14H13ClN2O/c15-13-4-1-11(2-5-13)3-6-14(18)17-10-12-7-8-16-9-12/h1-9,16H,10H2,(H,17,18)/b6-3+. The van der Waals surface area contributed by atoms with E-state index >= 15 is 0 Å². The van der Waals surface area contributed by atoms with Gasteiger partial charge in [-0.1, -0.05) is 23.7 Å². The Morgan fingerprint density at radius 1 is 1.28 bits per heavy atom. The molecule has 0 radical (unpaired) electrons. The van der Waals surface area contributed by atoms with Gasteiger partial charge < -0.3 is 10.3 Å². The number of H-pyrrole nitrogens is 1. The SMILES string of the molecule is O=C(/C=C/c1ccc(Cl)cc1)NCc1cc[nH]c1. The highest BCUT2D eigenvalue weighted by Gasteiger charge is 1.96. The van der Waals surface area contributed by atoms with Crippen molar-refractivity contribution in [1.29, 1.82) is 0 Å². The van der Waals surface area contributed by atoms with E-state index in [4.69, 9.17) is 11.6 Å². The summed E-state index contributed by atoms with van der Waals surface area (Å²) in [5, 5.41) is 3.48. The molecule has 1 amide bonds. The second kappa shape index (κ2) is 6.07. The predicted octanol–water partition coefficient (Wildman–Crippen LogP) is 3.00. The zero-order valence-corrected chi connectivity index (χ0v) is 10.4. The van der Waals surface area contributed by atoms with Crippen LogP contribution in [0.3, 0.4) is 0 Å². The molecular weight excluding hydrogens is 248 g/mol. The number of benzene rings is 1. The number of hydrogen-bond donors (Lipinski definition) is 2. The fraction of sp³-hybridized carbons (Fsp3) is 0.0714. The third kappa shape index (κ3) is 3.79. The maximum Gasteiger partial charge on any atom is 0.244 e. The van der Waals surface area contributed by atoms with Crippen LogP contribution in [0.5, 0.6) is 0 Å². The summed E-state index contributed by atoms with van der Waals surface area (Å²) in [4.78, 5) is 14.5. The largest absolute Gasteiger partial charge is 0.367 e. The Hall–Kier alpha value is -2.00. The Bertz CT molecular complexity index is 529. The van der Waals surface area contributed by atoms with E-state index in [1.807, 2.05) is 30.6 Å². The lowest BCUT2D eigenvalue weighted by atomic mass is 10.2. The molecule has 0 unspecified atom stereocenters. The van der Waals surface area contributed by atoms with Gasteiger partial charge in [-0.15, -0.1) is 0 Å². The number of carbonyl (C=O) groups excluding carboxylic acids is 1. The second-order valence-electron chi connectivity index (χ2n) is 3.82. The highest BCUT2D eigenvalue weighted by Crippen LogP contribution is 2.10. The van der Waals surface area contributed by atoms with Gasteiger partial charge in [-0.3, -0.25) is 4.79 Å². The van der Waals surface area contributed by atoms with Crippen molar-refractivity contribution in [1.82, 2.24) is 10.3 Å². The highest BCUT2D eigenvalue weighted by atomic mass is 35.5. The first-order valence-electron chi connectivity index (χ1n) is 5.57. The van der Waals surface area contributed by atoms with Crippen molar-refractivity contribution < 1.29 is 4.79 Å². The molecular formula is C14H13ClN2O. The van der Waals surface area contributed by atoms with Gasteiger partial charge in [0.1, 0.15) is 0 Å². The van der Waals surface area contributed by atoms with E-state index in [-0.39, 0.29) is 5.91 Å². The van der Waals surface area contributed by atoms with Gasteiger partial charge in [-0.25, -0.2) is 0 Å². The average molecular weight is 261 g/mol. The predicted molar refractivity (Wildman–Crippen MR) is 73.1 cm³/mol. The summed E-state index contributed by atoms with van der Waals surface area (Å²) in [7, 11) is 0. The summed E-state index contributed by atoms with van der Waals surface area (Å²) in [6.07, 6.45) is 6.94. The lowest BCUT2D eigenvalue weighted by Gasteiger charge is -1.99. The minimum Gasteiger partial charge on any atom is -0.367 e. The molecule has 3 nitrogen and oxygen atoms in total. The van der Waals surface area contributed by atoms with E-state index in [0.29, 0.717) is 11.6 Å². The molecule has 1 heterocycles. The number of amides is 1. The first-order valence-corrected chi connectivity index (χ1v) is 5.95. The van der Waals surface area contributed by atoms with Gasteiger partial charge in [0.15, 0.2) is 0 Å². The molecule has 92 valence electrons. The van der Waals surface area contributed by atoms with Crippen molar-refractivity contribution in [2.45, 2.75) is 6.54 Å². The zero-order valence-electron chi connectivity index (χ0n) is 9.69. The molecule has 0 bridgehead atoms.